The maximum absolute atomic E-state index is 13.2. The third-order valence-electron chi connectivity index (χ3n) is 10.1. The van der Waals surface area contributed by atoms with Crippen LogP contribution in [0.4, 0.5) is 5.69 Å². The lowest BCUT2D eigenvalue weighted by atomic mass is 10.0. The quantitative estimate of drug-likeness (QED) is 0.0896. The van der Waals surface area contributed by atoms with Crippen LogP contribution in [-0.4, -0.2) is 118 Å². The number of piperidine rings is 2. The summed E-state index contributed by atoms with van der Waals surface area (Å²) in [6, 6.07) is 7.64. The highest BCUT2D eigenvalue weighted by molar-refractivity contribution is 6.40. The largest absolute Gasteiger partial charge is 0.483 e. The Balaban J connectivity index is 0.826. The zero-order valence-corrected chi connectivity index (χ0v) is 33.6. The summed E-state index contributed by atoms with van der Waals surface area (Å²) in [5, 5.41) is 19.9. The van der Waals surface area contributed by atoms with Crippen LogP contribution in [0.1, 0.15) is 92.9 Å². The fraction of sp³-hybridized carbons (Fsp3) is 0.385. The number of H-pyrrole nitrogens is 1. The molecule has 0 saturated carbocycles. The molecule has 2 fully saturated rings. The highest BCUT2D eigenvalue weighted by Crippen LogP contribution is 2.33. The Hall–Kier alpha value is -6.34. The van der Waals surface area contributed by atoms with Gasteiger partial charge >= 0.3 is 0 Å². The molecule has 0 aliphatic carbocycles. The molecule has 2 saturated heterocycles. The van der Waals surface area contributed by atoms with E-state index in [9.17, 15) is 43.2 Å². The van der Waals surface area contributed by atoms with Crippen LogP contribution < -0.4 is 31.3 Å². The predicted octanol–water partition coefficient (Wildman–Crippen LogP) is 1.96. The van der Waals surface area contributed by atoms with E-state index in [0.29, 0.717) is 45.3 Å². The molecule has 21 heteroatoms. The lowest BCUT2D eigenvalue weighted by Crippen LogP contribution is -2.54. The van der Waals surface area contributed by atoms with Crippen molar-refractivity contribution in [2.24, 2.45) is 0 Å². The number of halogens is 2. The number of aromatic amines is 1. The summed E-state index contributed by atoms with van der Waals surface area (Å²) in [5.41, 5.74) is 0.223. The molecule has 19 nitrogen and oxygen atoms in total. The second-order valence-corrected chi connectivity index (χ2v) is 15.0. The minimum atomic E-state index is -1.13. The van der Waals surface area contributed by atoms with Gasteiger partial charge in [-0.25, -0.2) is 0 Å². The van der Waals surface area contributed by atoms with Crippen LogP contribution in [0, 0.1) is 0 Å². The van der Waals surface area contributed by atoms with E-state index in [0.717, 1.165) is 4.90 Å². The van der Waals surface area contributed by atoms with E-state index in [1.54, 1.807) is 11.0 Å². The molecule has 0 bridgehead atoms. The van der Waals surface area contributed by atoms with Crippen molar-refractivity contribution in [1.82, 2.24) is 41.3 Å². The number of carbonyl (C=O) groups excluding carboxylic acids is 9. The maximum atomic E-state index is 13.2. The normalized spacial score (nSPS) is 16.5. The van der Waals surface area contributed by atoms with E-state index in [1.807, 2.05) is 0 Å². The van der Waals surface area contributed by atoms with Gasteiger partial charge in [0.1, 0.15) is 17.5 Å². The Labute approximate surface area is 352 Å². The molecule has 1 atom stereocenters. The molecule has 0 spiro atoms. The monoisotopic (exact) mass is 865 g/mol. The first-order valence-electron chi connectivity index (χ1n) is 19.2. The zero-order chi connectivity index (χ0) is 42.9. The topological polar surface area (TPSA) is 258 Å². The Kier molecular flexibility index (Phi) is 14.1. The van der Waals surface area contributed by atoms with Gasteiger partial charge in [0.15, 0.2) is 6.61 Å². The molecule has 6 N–H and O–H groups in total. The number of unbranched alkanes of at least 4 members (excludes halogenated alkanes) is 1. The first kappa shape index (κ1) is 43.2. The molecule has 3 aliphatic heterocycles. The standard InChI is InChI=1S/C39H41Cl2N9O10/c40-23-6-4-7-24(41)33(23)36(56)46-25-19-44-48-34(25)37(57)45-21-13-17-49(18-14-21)31(54)12-11-28(51)42-15-1-2-16-43-30(53)20-60-27-8-3-5-22-32(27)39(59)50(38(22)58)26-9-10-29(52)47-35(26)55/h3-8,19,21,26H,1-2,9-18,20H2,(H,42,51)(H,43,53)(H,44,48)(H,45,57)(H,46,56)(H,47,52,55). The summed E-state index contributed by atoms with van der Waals surface area (Å²) in [5.74, 6) is -4.68. The molecule has 1 aromatic heterocycles. The van der Waals surface area contributed by atoms with Crippen LogP contribution in [0.25, 0.3) is 0 Å². The Bertz CT molecular complexity index is 2200. The predicted molar refractivity (Wildman–Crippen MR) is 213 cm³/mol. The average molecular weight is 867 g/mol. The van der Waals surface area contributed by atoms with Crippen molar-refractivity contribution in [1.29, 1.82) is 0 Å². The van der Waals surface area contributed by atoms with Gasteiger partial charge in [-0.15, -0.1) is 0 Å². The molecule has 2 aromatic carbocycles. The van der Waals surface area contributed by atoms with Crippen LogP contribution >= 0.6 is 23.2 Å². The van der Waals surface area contributed by atoms with Crippen LogP contribution in [0.15, 0.2) is 42.6 Å². The van der Waals surface area contributed by atoms with Crippen molar-refractivity contribution >= 4 is 82.1 Å². The van der Waals surface area contributed by atoms with Crippen molar-refractivity contribution in [2.75, 3.05) is 38.1 Å². The number of aromatic nitrogens is 2. The molecular weight excluding hydrogens is 825 g/mol. The number of imide groups is 2. The van der Waals surface area contributed by atoms with Crippen LogP contribution in [-0.2, 0) is 24.0 Å². The summed E-state index contributed by atoms with van der Waals surface area (Å²) >= 11 is 12.3. The van der Waals surface area contributed by atoms with Gasteiger partial charge < -0.3 is 30.9 Å². The van der Waals surface area contributed by atoms with E-state index in [1.165, 1.54) is 36.5 Å². The Morgan fingerprint density at radius 3 is 2.22 bits per heavy atom. The molecule has 316 valence electrons. The van der Waals surface area contributed by atoms with E-state index < -0.39 is 54.0 Å². The number of benzene rings is 2. The number of rotatable bonds is 16. The summed E-state index contributed by atoms with van der Waals surface area (Å²) in [6.07, 6.45) is 3.35. The number of ether oxygens (including phenoxy) is 1. The van der Waals surface area contributed by atoms with E-state index in [-0.39, 0.29) is 94.0 Å². The highest BCUT2D eigenvalue weighted by atomic mass is 35.5. The zero-order valence-electron chi connectivity index (χ0n) is 32.1. The number of anilines is 1. The van der Waals surface area contributed by atoms with Crippen molar-refractivity contribution in [2.45, 2.75) is 63.5 Å². The molecule has 60 heavy (non-hydrogen) atoms. The molecule has 9 amide bonds. The second kappa shape index (κ2) is 19.6. The fourth-order valence-electron chi connectivity index (χ4n) is 6.96. The van der Waals surface area contributed by atoms with E-state index >= 15 is 0 Å². The summed E-state index contributed by atoms with van der Waals surface area (Å²) in [4.78, 5) is 116. The fourth-order valence-corrected chi connectivity index (χ4v) is 7.52. The lowest BCUT2D eigenvalue weighted by molar-refractivity contribution is -0.136. The van der Waals surface area contributed by atoms with Crippen LogP contribution in [0.2, 0.25) is 10.0 Å². The van der Waals surface area contributed by atoms with Gasteiger partial charge in [0.2, 0.25) is 23.6 Å². The number of hydrogen-bond acceptors (Lipinski definition) is 11. The first-order chi connectivity index (χ1) is 28.8. The number of hydrogen-bond donors (Lipinski definition) is 6. The van der Waals surface area contributed by atoms with Crippen LogP contribution in [0.3, 0.4) is 0 Å². The Morgan fingerprint density at radius 2 is 1.52 bits per heavy atom. The smallest absolute Gasteiger partial charge is 0.271 e. The minimum absolute atomic E-state index is 0.000124. The number of nitrogens with one attached hydrogen (secondary N) is 6. The lowest BCUT2D eigenvalue weighted by Gasteiger charge is -2.32. The molecule has 6 rings (SSSR count). The summed E-state index contributed by atoms with van der Waals surface area (Å²) < 4.78 is 5.58. The molecule has 0 radical (unpaired) electrons. The Morgan fingerprint density at radius 1 is 0.833 bits per heavy atom. The van der Waals surface area contributed by atoms with Crippen molar-refractivity contribution in [3.63, 3.8) is 0 Å². The number of likely N-dealkylation sites (tertiary alicyclic amines) is 1. The van der Waals surface area contributed by atoms with Gasteiger partial charge in [0.05, 0.1) is 38.6 Å². The molecule has 3 aliphatic rings. The van der Waals surface area contributed by atoms with Gasteiger partial charge in [0.25, 0.3) is 29.5 Å². The summed E-state index contributed by atoms with van der Waals surface area (Å²) in [6.45, 7) is 0.931. The van der Waals surface area contributed by atoms with Crippen LogP contribution in [0.5, 0.6) is 5.75 Å². The number of carbonyl (C=O) groups is 9. The van der Waals surface area contributed by atoms with Crippen molar-refractivity contribution in [3.05, 3.63) is 75.0 Å². The first-order valence-corrected chi connectivity index (χ1v) is 20.0. The molecular formula is C39H41Cl2N9O10. The SMILES string of the molecule is O=C(CCC(=O)N1CCC(NC(=O)c2[nH]ncc2NC(=O)c2c(Cl)cccc2Cl)CC1)NCCCCNC(=O)COc1cccc2c1C(=O)N(C1CCC(=O)NC1=O)C2=O. The second-order valence-electron chi connectivity index (χ2n) is 14.2. The van der Waals surface area contributed by atoms with Gasteiger partial charge in [-0.1, -0.05) is 35.3 Å². The van der Waals surface area contributed by atoms with Gasteiger partial charge in [0, 0.05) is 51.5 Å². The average Bonchev–Trinajstić information content (AvgIpc) is 3.79. The minimum Gasteiger partial charge on any atom is -0.483 e. The van der Waals surface area contributed by atoms with Gasteiger partial charge in [-0.2, -0.15) is 5.10 Å². The van der Waals surface area contributed by atoms with Gasteiger partial charge in [-0.05, 0) is 56.4 Å². The molecule has 1 unspecified atom stereocenters. The van der Waals surface area contributed by atoms with Crippen molar-refractivity contribution < 1.29 is 47.9 Å². The molecule has 3 aromatic rings. The number of fused-ring (bicyclic) bond motifs is 1. The number of nitrogens with zero attached hydrogens (tertiary/aromatic N) is 3. The highest BCUT2D eigenvalue weighted by Gasteiger charge is 2.46. The maximum Gasteiger partial charge on any atom is 0.271 e. The molecule has 4 heterocycles. The van der Waals surface area contributed by atoms with Crippen molar-refractivity contribution in [3.8, 4) is 5.75 Å². The van der Waals surface area contributed by atoms with E-state index in [2.05, 4.69) is 36.8 Å². The third-order valence-corrected chi connectivity index (χ3v) is 10.7. The summed E-state index contributed by atoms with van der Waals surface area (Å²) in [7, 11) is 0. The third kappa shape index (κ3) is 10.3. The van der Waals surface area contributed by atoms with Gasteiger partial charge in [-0.3, -0.25) is 58.5 Å². The van der Waals surface area contributed by atoms with E-state index in [4.69, 9.17) is 27.9 Å². The number of amides is 9.